The first-order valence-corrected chi connectivity index (χ1v) is 8.17. The maximum atomic E-state index is 12.1. The Kier molecular flexibility index (Phi) is 7.59. The number of amides is 2. The molecule has 0 aliphatic heterocycles. The summed E-state index contributed by atoms with van der Waals surface area (Å²) in [5.74, 6) is -0.0599. The van der Waals surface area contributed by atoms with E-state index in [-0.39, 0.29) is 17.9 Å². The molecule has 23 heavy (non-hydrogen) atoms. The van der Waals surface area contributed by atoms with Crippen molar-refractivity contribution in [2.75, 3.05) is 13.1 Å². The summed E-state index contributed by atoms with van der Waals surface area (Å²) in [7, 11) is 0. The molecule has 2 unspecified atom stereocenters. The minimum Gasteiger partial charge on any atom is -0.465 e. The van der Waals surface area contributed by atoms with Crippen LogP contribution < -0.4 is 5.32 Å². The quantitative estimate of drug-likeness (QED) is 0.769. The van der Waals surface area contributed by atoms with Gasteiger partial charge in [0.1, 0.15) is 0 Å². The third kappa shape index (κ3) is 6.72. The van der Waals surface area contributed by atoms with Crippen LogP contribution in [-0.2, 0) is 4.79 Å². The van der Waals surface area contributed by atoms with E-state index in [9.17, 15) is 9.59 Å². The van der Waals surface area contributed by atoms with Crippen LogP contribution in [0.15, 0.2) is 24.3 Å². The molecular formula is C18H28N2O3. The Morgan fingerprint density at radius 1 is 1.22 bits per heavy atom. The fourth-order valence-electron chi connectivity index (χ4n) is 2.53. The predicted octanol–water partition coefficient (Wildman–Crippen LogP) is 3.59. The van der Waals surface area contributed by atoms with Gasteiger partial charge in [-0.1, -0.05) is 43.7 Å². The SMILES string of the molecule is CCCN(CC(C)CC(=O)NC(C)c1ccc(C)cc1)C(=O)O. The summed E-state index contributed by atoms with van der Waals surface area (Å²) in [4.78, 5) is 24.6. The van der Waals surface area contributed by atoms with Crippen molar-refractivity contribution in [3.8, 4) is 0 Å². The van der Waals surface area contributed by atoms with Crippen molar-refractivity contribution >= 4 is 12.0 Å². The van der Waals surface area contributed by atoms with Crippen molar-refractivity contribution in [2.45, 2.75) is 46.6 Å². The fraction of sp³-hybridized carbons (Fsp3) is 0.556. The Balaban J connectivity index is 2.48. The summed E-state index contributed by atoms with van der Waals surface area (Å²) in [6.45, 7) is 8.71. The average molecular weight is 320 g/mol. The summed E-state index contributed by atoms with van der Waals surface area (Å²) >= 11 is 0. The molecule has 0 saturated heterocycles. The van der Waals surface area contributed by atoms with Gasteiger partial charge in [-0.05, 0) is 31.7 Å². The number of rotatable bonds is 8. The molecule has 0 fully saturated rings. The minimum absolute atomic E-state index is 0.0112. The molecule has 2 N–H and O–H groups in total. The number of aryl methyl sites for hydroxylation is 1. The van der Waals surface area contributed by atoms with Gasteiger partial charge in [-0.15, -0.1) is 0 Å². The third-order valence-corrected chi connectivity index (χ3v) is 3.78. The second-order valence-electron chi connectivity index (χ2n) is 6.24. The minimum atomic E-state index is -0.924. The van der Waals surface area contributed by atoms with Gasteiger partial charge in [-0.25, -0.2) is 4.79 Å². The first kappa shape index (κ1) is 19.0. The van der Waals surface area contributed by atoms with E-state index in [1.807, 2.05) is 52.0 Å². The number of hydrogen-bond donors (Lipinski definition) is 2. The molecular weight excluding hydrogens is 292 g/mol. The zero-order chi connectivity index (χ0) is 17.4. The number of benzene rings is 1. The normalized spacial score (nSPS) is 13.2. The standard InChI is InChI=1S/C18H28N2O3/c1-5-10-20(18(22)23)12-14(3)11-17(21)19-15(4)16-8-6-13(2)7-9-16/h6-9,14-15H,5,10-12H2,1-4H3,(H,19,21)(H,22,23). The second-order valence-corrected chi connectivity index (χ2v) is 6.24. The van der Waals surface area contributed by atoms with Gasteiger partial charge in [0, 0.05) is 19.5 Å². The van der Waals surface area contributed by atoms with Gasteiger partial charge in [-0.2, -0.15) is 0 Å². The second kappa shape index (κ2) is 9.18. The van der Waals surface area contributed by atoms with Crippen molar-refractivity contribution in [2.24, 2.45) is 5.92 Å². The molecule has 128 valence electrons. The highest BCUT2D eigenvalue weighted by Crippen LogP contribution is 2.14. The highest BCUT2D eigenvalue weighted by atomic mass is 16.4. The van der Waals surface area contributed by atoms with E-state index in [0.29, 0.717) is 19.5 Å². The van der Waals surface area contributed by atoms with Crippen LogP contribution in [0, 0.1) is 12.8 Å². The van der Waals surface area contributed by atoms with E-state index >= 15 is 0 Å². The van der Waals surface area contributed by atoms with Crippen LogP contribution in [0.3, 0.4) is 0 Å². The number of carbonyl (C=O) groups excluding carboxylic acids is 1. The van der Waals surface area contributed by atoms with E-state index in [1.165, 1.54) is 10.5 Å². The lowest BCUT2D eigenvalue weighted by Gasteiger charge is -2.23. The number of carbonyl (C=O) groups is 2. The van der Waals surface area contributed by atoms with Crippen molar-refractivity contribution in [3.05, 3.63) is 35.4 Å². The number of carboxylic acid groups (broad SMARTS) is 1. The largest absolute Gasteiger partial charge is 0.465 e. The van der Waals surface area contributed by atoms with Crippen LogP contribution in [0.1, 0.15) is 50.8 Å². The smallest absolute Gasteiger partial charge is 0.407 e. The van der Waals surface area contributed by atoms with Crippen LogP contribution in [0.25, 0.3) is 0 Å². The van der Waals surface area contributed by atoms with E-state index < -0.39 is 6.09 Å². The van der Waals surface area contributed by atoms with Crippen LogP contribution in [-0.4, -0.2) is 35.1 Å². The summed E-state index contributed by atoms with van der Waals surface area (Å²) in [5.41, 5.74) is 2.25. The molecule has 0 spiro atoms. The number of hydrogen-bond acceptors (Lipinski definition) is 2. The molecule has 0 bridgehead atoms. The highest BCUT2D eigenvalue weighted by Gasteiger charge is 2.18. The molecule has 2 atom stereocenters. The van der Waals surface area contributed by atoms with Crippen molar-refractivity contribution < 1.29 is 14.7 Å². The molecule has 0 saturated carbocycles. The van der Waals surface area contributed by atoms with Gasteiger partial charge < -0.3 is 15.3 Å². The Morgan fingerprint density at radius 2 is 1.83 bits per heavy atom. The Labute approximate surface area is 138 Å². The van der Waals surface area contributed by atoms with Crippen LogP contribution in [0.4, 0.5) is 4.79 Å². The van der Waals surface area contributed by atoms with Gasteiger partial charge in [-0.3, -0.25) is 4.79 Å². The number of nitrogens with one attached hydrogen (secondary N) is 1. The third-order valence-electron chi connectivity index (χ3n) is 3.78. The Hall–Kier alpha value is -2.04. The van der Waals surface area contributed by atoms with Crippen LogP contribution in [0.2, 0.25) is 0 Å². The molecule has 0 aliphatic rings. The van der Waals surface area contributed by atoms with E-state index in [4.69, 9.17) is 5.11 Å². The molecule has 2 amide bonds. The zero-order valence-corrected chi connectivity index (χ0v) is 14.5. The summed E-state index contributed by atoms with van der Waals surface area (Å²) < 4.78 is 0. The summed E-state index contributed by atoms with van der Waals surface area (Å²) in [6.07, 6.45) is 0.173. The molecule has 0 heterocycles. The molecule has 5 heteroatoms. The van der Waals surface area contributed by atoms with E-state index in [1.54, 1.807) is 0 Å². The fourth-order valence-corrected chi connectivity index (χ4v) is 2.53. The molecule has 0 radical (unpaired) electrons. The molecule has 0 aromatic heterocycles. The molecule has 1 rings (SSSR count). The molecule has 1 aromatic carbocycles. The van der Waals surface area contributed by atoms with E-state index in [0.717, 1.165) is 12.0 Å². The molecule has 5 nitrogen and oxygen atoms in total. The maximum Gasteiger partial charge on any atom is 0.407 e. The maximum absolute atomic E-state index is 12.1. The van der Waals surface area contributed by atoms with E-state index in [2.05, 4.69) is 5.32 Å². The summed E-state index contributed by atoms with van der Waals surface area (Å²) in [6, 6.07) is 8.02. The van der Waals surface area contributed by atoms with Gasteiger partial charge in [0.2, 0.25) is 5.91 Å². The zero-order valence-electron chi connectivity index (χ0n) is 14.5. The van der Waals surface area contributed by atoms with Gasteiger partial charge in [0.25, 0.3) is 0 Å². The highest BCUT2D eigenvalue weighted by molar-refractivity contribution is 5.76. The first-order valence-electron chi connectivity index (χ1n) is 8.17. The van der Waals surface area contributed by atoms with Crippen molar-refractivity contribution in [3.63, 3.8) is 0 Å². The first-order chi connectivity index (χ1) is 10.8. The van der Waals surface area contributed by atoms with Gasteiger partial charge in [0.05, 0.1) is 6.04 Å². The topological polar surface area (TPSA) is 69.6 Å². The average Bonchev–Trinajstić information content (AvgIpc) is 2.46. The molecule has 1 aromatic rings. The molecule has 0 aliphatic carbocycles. The Morgan fingerprint density at radius 3 is 2.35 bits per heavy atom. The monoisotopic (exact) mass is 320 g/mol. The lowest BCUT2D eigenvalue weighted by atomic mass is 10.0. The summed E-state index contributed by atoms with van der Waals surface area (Å²) in [5, 5.41) is 12.1. The van der Waals surface area contributed by atoms with Gasteiger partial charge >= 0.3 is 6.09 Å². The van der Waals surface area contributed by atoms with Crippen LogP contribution >= 0.6 is 0 Å². The van der Waals surface area contributed by atoms with Crippen LogP contribution in [0.5, 0.6) is 0 Å². The van der Waals surface area contributed by atoms with Crippen molar-refractivity contribution in [1.29, 1.82) is 0 Å². The Bertz CT molecular complexity index is 514. The number of nitrogens with zero attached hydrogens (tertiary/aromatic N) is 1. The van der Waals surface area contributed by atoms with Gasteiger partial charge in [0.15, 0.2) is 0 Å². The lowest BCUT2D eigenvalue weighted by Crippen LogP contribution is -2.36. The van der Waals surface area contributed by atoms with Crippen molar-refractivity contribution in [1.82, 2.24) is 10.2 Å². The lowest BCUT2D eigenvalue weighted by molar-refractivity contribution is -0.122. The predicted molar refractivity (Wildman–Crippen MR) is 91.4 cm³/mol.